The molecule has 0 saturated heterocycles. The summed E-state index contributed by atoms with van der Waals surface area (Å²) >= 11 is 0. The normalized spacial score (nSPS) is 10.4. The van der Waals surface area contributed by atoms with Crippen LogP contribution in [-0.4, -0.2) is 32.3 Å². The molecule has 0 radical (unpaired) electrons. The maximum atomic E-state index is 11.8. The van der Waals surface area contributed by atoms with Crippen LogP contribution in [0.3, 0.4) is 0 Å². The van der Waals surface area contributed by atoms with Crippen LogP contribution in [0.1, 0.15) is 21.5 Å². The number of methoxy groups -OCH3 is 2. The monoisotopic (exact) mass is 326 g/mol. The summed E-state index contributed by atoms with van der Waals surface area (Å²) in [5.41, 5.74) is 4.54. The fourth-order valence-electron chi connectivity index (χ4n) is 1.97. The molecule has 0 bridgehead atoms. The Morgan fingerprint density at radius 2 is 1.71 bits per heavy atom. The van der Waals surface area contributed by atoms with Crippen molar-refractivity contribution < 1.29 is 19.1 Å². The molecule has 0 spiro atoms. The second-order valence-electron chi connectivity index (χ2n) is 4.93. The molecular weight excluding hydrogens is 308 g/mol. The smallest absolute Gasteiger partial charge is 0.337 e. The molecular formula is C18H18N2O4. The second kappa shape index (κ2) is 8.47. The van der Waals surface area contributed by atoms with E-state index in [1.165, 1.54) is 13.3 Å². The maximum absolute atomic E-state index is 11.8. The molecule has 0 fully saturated rings. The first-order valence-electron chi connectivity index (χ1n) is 7.25. The average molecular weight is 326 g/mol. The van der Waals surface area contributed by atoms with Gasteiger partial charge >= 0.3 is 5.97 Å². The van der Waals surface area contributed by atoms with Crippen molar-refractivity contribution in [3.63, 3.8) is 0 Å². The van der Waals surface area contributed by atoms with Gasteiger partial charge in [-0.25, -0.2) is 10.2 Å². The van der Waals surface area contributed by atoms with Crippen LogP contribution >= 0.6 is 0 Å². The van der Waals surface area contributed by atoms with Crippen LogP contribution in [0.2, 0.25) is 0 Å². The van der Waals surface area contributed by atoms with E-state index < -0.39 is 5.97 Å². The van der Waals surface area contributed by atoms with Crippen molar-refractivity contribution in [2.45, 2.75) is 6.42 Å². The van der Waals surface area contributed by atoms with E-state index in [0.717, 1.165) is 16.9 Å². The minimum atomic E-state index is -0.397. The minimum absolute atomic E-state index is 0.220. The lowest BCUT2D eigenvalue weighted by Gasteiger charge is -2.03. The summed E-state index contributed by atoms with van der Waals surface area (Å²) in [7, 11) is 2.92. The van der Waals surface area contributed by atoms with Crippen molar-refractivity contribution in [2.24, 2.45) is 5.10 Å². The summed E-state index contributed by atoms with van der Waals surface area (Å²) in [5, 5.41) is 3.90. The van der Waals surface area contributed by atoms with E-state index in [9.17, 15) is 9.59 Å². The van der Waals surface area contributed by atoms with Crippen LogP contribution in [0.25, 0.3) is 0 Å². The highest BCUT2D eigenvalue weighted by Crippen LogP contribution is 2.11. The molecule has 2 rings (SSSR count). The Morgan fingerprint density at radius 3 is 2.29 bits per heavy atom. The van der Waals surface area contributed by atoms with E-state index >= 15 is 0 Å². The Kier molecular flexibility index (Phi) is 6.08. The van der Waals surface area contributed by atoms with E-state index in [-0.39, 0.29) is 12.3 Å². The number of amides is 1. The van der Waals surface area contributed by atoms with Gasteiger partial charge in [-0.1, -0.05) is 24.3 Å². The number of nitrogens with one attached hydrogen (secondary N) is 1. The van der Waals surface area contributed by atoms with Crippen molar-refractivity contribution in [1.82, 2.24) is 5.43 Å². The maximum Gasteiger partial charge on any atom is 0.337 e. The molecule has 0 aliphatic carbocycles. The third-order valence-corrected chi connectivity index (χ3v) is 3.26. The number of hydrogen-bond acceptors (Lipinski definition) is 5. The number of carbonyl (C=O) groups is 2. The van der Waals surface area contributed by atoms with Gasteiger partial charge in [-0.3, -0.25) is 4.79 Å². The first kappa shape index (κ1) is 17.2. The Balaban J connectivity index is 1.86. The summed E-state index contributed by atoms with van der Waals surface area (Å²) in [5.74, 6) is 0.126. The van der Waals surface area contributed by atoms with Crippen molar-refractivity contribution in [3.05, 3.63) is 65.2 Å². The fraction of sp³-hybridized carbons (Fsp3) is 0.167. The van der Waals surface area contributed by atoms with Crippen LogP contribution in [0, 0.1) is 0 Å². The third kappa shape index (κ3) is 4.95. The number of hydrazone groups is 1. The van der Waals surface area contributed by atoms with E-state index in [1.54, 1.807) is 43.5 Å². The first-order valence-corrected chi connectivity index (χ1v) is 7.25. The fourth-order valence-corrected chi connectivity index (χ4v) is 1.97. The third-order valence-electron chi connectivity index (χ3n) is 3.26. The zero-order valence-electron chi connectivity index (χ0n) is 13.5. The number of esters is 1. The molecule has 2 aromatic rings. The van der Waals surface area contributed by atoms with Gasteiger partial charge in [0.25, 0.3) is 0 Å². The summed E-state index contributed by atoms with van der Waals surface area (Å²) in [6.07, 6.45) is 1.73. The Morgan fingerprint density at radius 1 is 1.04 bits per heavy atom. The molecule has 0 aromatic heterocycles. The molecule has 1 amide bonds. The van der Waals surface area contributed by atoms with E-state index in [1.807, 2.05) is 12.1 Å². The quantitative estimate of drug-likeness (QED) is 0.501. The van der Waals surface area contributed by atoms with Crippen LogP contribution in [0.4, 0.5) is 0 Å². The number of hydrogen-bond donors (Lipinski definition) is 1. The molecule has 2 aromatic carbocycles. The average Bonchev–Trinajstić information content (AvgIpc) is 2.62. The van der Waals surface area contributed by atoms with Gasteiger partial charge in [0.05, 0.1) is 32.4 Å². The molecule has 0 aliphatic rings. The predicted octanol–water partition coefficient (Wildman–Crippen LogP) is 2.17. The van der Waals surface area contributed by atoms with E-state index in [0.29, 0.717) is 5.56 Å². The van der Waals surface area contributed by atoms with Gasteiger partial charge in [0.15, 0.2) is 0 Å². The molecule has 124 valence electrons. The van der Waals surface area contributed by atoms with Crippen LogP contribution in [-0.2, 0) is 16.0 Å². The molecule has 6 heteroatoms. The highest BCUT2D eigenvalue weighted by molar-refractivity contribution is 5.90. The zero-order chi connectivity index (χ0) is 17.4. The highest BCUT2D eigenvalue weighted by atomic mass is 16.5. The van der Waals surface area contributed by atoms with Crippen LogP contribution in [0.15, 0.2) is 53.6 Å². The minimum Gasteiger partial charge on any atom is -0.497 e. The molecule has 0 atom stereocenters. The van der Waals surface area contributed by atoms with Gasteiger partial charge in [-0.2, -0.15) is 5.10 Å². The lowest BCUT2D eigenvalue weighted by atomic mass is 10.1. The largest absolute Gasteiger partial charge is 0.497 e. The molecule has 1 N–H and O–H groups in total. The molecule has 0 saturated carbocycles. The van der Waals surface area contributed by atoms with Gasteiger partial charge < -0.3 is 9.47 Å². The number of nitrogens with zero attached hydrogens (tertiary/aromatic N) is 1. The van der Waals surface area contributed by atoms with Crippen molar-refractivity contribution in [1.29, 1.82) is 0 Å². The van der Waals surface area contributed by atoms with Crippen LogP contribution in [0.5, 0.6) is 5.75 Å². The lowest BCUT2D eigenvalue weighted by molar-refractivity contribution is -0.120. The van der Waals surface area contributed by atoms with Crippen LogP contribution < -0.4 is 10.2 Å². The summed E-state index contributed by atoms with van der Waals surface area (Å²) in [6, 6.07) is 13.9. The lowest BCUT2D eigenvalue weighted by Crippen LogP contribution is -2.19. The topological polar surface area (TPSA) is 77.0 Å². The summed E-state index contributed by atoms with van der Waals surface area (Å²) in [6.45, 7) is 0. The predicted molar refractivity (Wildman–Crippen MR) is 90.2 cm³/mol. The Hall–Kier alpha value is -3.15. The number of benzene rings is 2. The van der Waals surface area contributed by atoms with Gasteiger partial charge in [0, 0.05) is 0 Å². The van der Waals surface area contributed by atoms with Gasteiger partial charge in [0.1, 0.15) is 5.75 Å². The SMILES string of the molecule is COC(=O)c1ccc(C=NNC(=O)Cc2ccc(OC)cc2)cc1. The summed E-state index contributed by atoms with van der Waals surface area (Å²) in [4.78, 5) is 23.1. The standard InChI is InChI=1S/C18H18N2O4/c1-23-16-9-5-13(6-10-16)11-17(21)20-19-12-14-3-7-15(8-4-14)18(22)24-2/h3-10,12H,11H2,1-2H3,(H,20,21). The molecule has 0 aliphatic heterocycles. The second-order valence-corrected chi connectivity index (χ2v) is 4.93. The number of ether oxygens (including phenoxy) is 2. The molecule has 6 nitrogen and oxygen atoms in total. The Labute approximate surface area is 140 Å². The van der Waals surface area contributed by atoms with E-state index in [2.05, 4.69) is 15.3 Å². The number of carbonyl (C=O) groups excluding carboxylic acids is 2. The van der Waals surface area contributed by atoms with Gasteiger partial charge in [-0.15, -0.1) is 0 Å². The molecule has 0 heterocycles. The highest BCUT2D eigenvalue weighted by Gasteiger charge is 2.04. The Bertz CT molecular complexity index is 722. The van der Waals surface area contributed by atoms with E-state index in [4.69, 9.17) is 4.74 Å². The molecule has 0 unspecified atom stereocenters. The molecule has 24 heavy (non-hydrogen) atoms. The van der Waals surface area contributed by atoms with Gasteiger partial charge in [-0.05, 0) is 35.4 Å². The zero-order valence-corrected chi connectivity index (χ0v) is 13.5. The first-order chi connectivity index (χ1) is 11.6. The number of rotatable bonds is 6. The van der Waals surface area contributed by atoms with Crippen molar-refractivity contribution in [2.75, 3.05) is 14.2 Å². The summed E-state index contributed by atoms with van der Waals surface area (Å²) < 4.78 is 9.69. The van der Waals surface area contributed by atoms with Gasteiger partial charge in [0.2, 0.25) is 5.91 Å². The van der Waals surface area contributed by atoms with Crippen molar-refractivity contribution >= 4 is 18.1 Å². The van der Waals surface area contributed by atoms with Crippen molar-refractivity contribution in [3.8, 4) is 5.75 Å².